The Labute approximate surface area is 252 Å². The number of halogens is 6. The molecule has 0 bridgehead atoms. The number of aromatic amines is 1. The lowest BCUT2D eigenvalue weighted by Gasteiger charge is -2.46. The summed E-state index contributed by atoms with van der Waals surface area (Å²) in [7, 11) is -4.22. The topological polar surface area (TPSA) is 117 Å². The van der Waals surface area contributed by atoms with E-state index < -0.39 is 76.9 Å². The molecule has 1 amide bonds. The molecule has 234 valence electrons. The number of amides is 1. The minimum atomic E-state index is -4.22. The van der Waals surface area contributed by atoms with Crippen LogP contribution in [0.5, 0.6) is 0 Å². The van der Waals surface area contributed by atoms with Crippen LogP contribution in [0.1, 0.15) is 56.0 Å². The fourth-order valence-electron chi connectivity index (χ4n) is 6.21. The molecule has 6 rings (SSSR count). The van der Waals surface area contributed by atoms with Crippen molar-refractivity contribution in [3.63, 3.8) is 0 Å². The Morgan fingerprint density at radius 1 is 1.12 bits per heavy atom. The van der Waals surface area contributed by atoms with Crippen molar-refractivity contribution >= 4 is 49.9 Å². The number of carbonyl (C=O) groups excluding carboxylic acids is 1. The number of imidazole rings is 1. The number of aromatic nitrogens is 3. The number of hydrogen-bond donors (Lipinski definition) is 2. The first kappa shape index (κ1) is 30.6. The molecule has 1 saturated carbocycles. The van der Waals surface area contributed by atoms with Crippen LogP contribution >= 0.6 is 22.9 Å². The van der Waals surface area contributed by atoms with Crippen LogP contribution in [0.15, 0.2) is 22.5 Å². The first-order valence-electron chi connectivity index (χ1n) is 13.6. The highest BCUT2D eigenvalue weighted by Gasteiger charge is 2.54. The van der Waals surface area contributed by atoms with Gasteiger partial charge in [-0.25, -0.2) is 40.3 Å². The van der Waals surface area contributed by atoms with Gasteiger partial charge in [-0.05, 0) is 37.7 Å². The first-order chi connectivity index (χ1) is 20.2. The van der Waals surface area contributed by atoms with E-state index in [-0.39, 0.29) is 70.0 Å². The van der Waals surface area contributed by atoms with E-state index in [4.69, 9.17) is 16.3 Å². The van der Waals surface area contributed by atoms with Crippen molar-refractivity contribution < 1.29 is 39.9 Å². The van der Waals surface area contributed by atoms with Gasteiger partial charge < -0.3 is 14.6 Å². The van der Waals surface area contributed by atoms with E-state index in [1.807, 2.05) is 0 Å². The summed E-state index contributed by atoms with van der Waals surface area (Å²) in [5.41, 5.74) is -1.47. The quantitative estimate of drug-likeness (QED) is 0.336. The summed E-state index contributed by atoms with van der Waals surface area (Å²) in [6.45, 7) is -1.26. The zero-order valence-corrected chi connectivity index (χ0v) is 24.9. The number of ether oxygens (including phenoxy) is 1. The molecular formula is C26H27ClF5N5O4S2. The third-order valence-electron chi connectivity index (χ3n) is 8.55. The van der Waals surface area contributed by atoms with Crippen LogP contribution < -0.4 is 4.72 Å². The Bertz CT molecular complexity index is 1640. The lowest BCUT2D eigenvalue weighted by atomic mass is 9.72. The number of H-pyrrole nitrogens is 1. The molecule has 1 aromatic carbocycles. The third kappa shape index (κ3) is 5.76. The van der Waals surface area contributed by atoms with E-state index in [9.17, 15) is 30.8 Å². The standard InChI is InChI=1S/C26H27ClF5N5O4S2/c27-23-33-11-17(42-23)43(39,40)36-19(14-3-5-25(29,30)6-4-14)21-34-16-2-1-15(18(28)20(16)35-21)24(7-9-41-10-8-24)22(38)37-12-26(31,32)13-37/h1-2,11,14,19,36H,3-10,12-13H2,(H,34,35)/t19-/m0/s1. The minimum absolute atomic E-state index is 0.00823. The molecule has 0 spiro atoms. The van der Waals surface area contributed by atoms with Gasteiger partial charge in [0.2, 0.25) is 11.8 Å². The van der Waals surface area contributed by atoms with Crippen LogP contribution in [-0.4, -0.2) is 72.3 Å². The van der Waals surface area contributed by atoms with E-state index in [0.29, 0.717) is 11.3 Å². The van der Waals surface area contributed by atoms with Crippen LogP contribution in [0.25, 0.3) is 11.0 Å². The summed E-state index contributed by atoms with van der Waals surface area (Å²) in [6.07, 6.45) is 0.267. The van der Waals surface area contributed by atoms with Gasteiger partial charge in [-0.3, -0.25) is 4.79 Å². The van der Waals surface area contributed by atoms with Crippen LogP contribution in [0.4, 0.5) is 22.0 Å². The number of nitrogens with zero attached hydrogens (tertiary/aromatic N) is 3. The van der Waals surface area contributed by atoms with Gasteiger partial charge in [0.25, 0.3) is 15.9 Å². The van der Waals surface area contributed by atoms with Crippen LogP contribution in [0, 0.1) is 11.7 Å². The highest BCUT2D eigenvalue weighted by molar-refractivity contribution is 7.91. The zero-order chi connectivity index (χ0) is 30.8. The molecule has 4 heterocycles. The van der Waals surface area contributed by atoms with Gasteiger partial charge in [0.1, 0.15) is 11.3 Å². The fourth-order valence-corrected chi connectivity index (χ4v) is 8.79. The van der Waals surface area contributed by atoms with E-state index in [1.54, 1.807) is 0 Å². The van der Waals surface area contributed by atoms with Crippen molar-refractivity contribution in [2.45, 2.75) is 66.0 Å². The third-order valence-corrected chi connectivity index (χ3v) is 11.6. The number of nitrogens with one attached hydrogen (secondary N) is 2. The Morgan fingerprint density at radius 2 is 1.79 bits per heavy atom. The van der Waals surface area contributed by atoms with Gasteiger partial charge in [0.15, 0.2) is 14.5 Å². The molecule has 3 aliphatic rings. The lowest BCUT2D eigenvalue weighted by molar-refractivity contribution is -0.174. The van der Waals surface area contributed by atoms with Crippen molar-refractivity contribution in [2.75, 3.05) is 26.3 Å². The molecule has 2 saturated heterocycles. The predicted octanol–water partition coefficient (Wildman–Crippen LogP) is 5.18. The summed E-state index contributed by atoms with van der Waals surface area (Å²) in [5.74, 6) is -7.95. The fraction of sp³-hybridized carbons (Fsp3) is 0.577. The number of thiazole rings is 1. The molecule has 17 heteroatoms. The maximum atomic E-state index is 16.3. The number of benzene rings is 1. The van der Waals surface area contributed by atoms with Crippen LogP contribution in [-0.2, 0) is 25.0 Å². The smallest absolute Gasteiger partial charge is 0.282 e. The van der Waals surface area contributed by atoms with Crippen LogP contribution in [0.2, 0.25) is 4.47 Å². The summed E-state index contributed by atoms with van der Waals surface area (Å²) in [4.78, 5) is 25.6. The monoisotopic (exact) mass is 667 g/mol. The normalized spacial score (nSPS) is 22.8. The Hall–Kier alpha value is -2.40. The minimum Gasteiger partial charge on any atom is -0.381 e. The van der Waals surface area contributed by atoms with Crippen molar-refractivity contribution in [3.05, 3.63) is 40.0 Å². The van der Waals surface area contributed by atoms with Crippen molar-refractivity contribution in [1.29, 1.82) is 0 Å². The molecule has 3 aromatic rings. The van der Waals surface area contributed by atoms with Crippen molar-refractivity contribution in [1.82, 2.24) is 24.6 Å². The Balaban J connectivity index is 1.38. The molecule has 0 radical (unpaired) electrons. The van der Waals surface area contributed by atoms with Gasteiger partial charge in [-0.15, -0.1) is 0 Å². The number of carbonyl (C=O) groups is 1. The molecule has 1 aliphatic carbocycles. The second kappa shape index (κ2) is 10.9. The predicted molar refractivity (Wildman–Crippen MR) is 146 cm³/mol. The summed E-state index contributed by atoms with van der Waals surface area (Å²) in [6, 6.07) is 1.77. The average Bonchev–Trinajstić information content (AvgIpc) is 3.58. The number of rotatable bonds is 7. The lowest BCUT2D eigenvalue weighted by Crippen LogP contribution is -2.63. The average molecular weight is 668 g/mol. The molecule has 0 unspecified atom stereocenters. The summed E-state index contributed by atoms with van der Waals surface area (Å²) in [5, 5.41) is 0. The Kier molecular flexibility index (Phi) is 7.76. The molecule has 2 N–H and O–H groups in total. The maximum Gasteiger partial charge on any atom is 0.282 e. The second-order valence-corrected chi connectivity index (χ2v) is 14.9. The zero-order valence-electron chi connectivity index (χ0n) is 22.5. The van der Waals surface area contributed by atoms with Gasteiger partial charge >= 0.3 is 0 Å². The SMILES string of the molecule is O=C(N1CC(F)(F)C1)C1(c2ccc3[nH]c([C@@H](NS(=O)(=O)c4cnc(Cl)s4)C4CCC(F)(F)CC4)nc3c2F)CCOCC1. The summed E-state index contributed by atoms with van der Waals surface area (Å²) < 4.78 is 106. The molecule has 43 heavy (non-hydrogen) atoms. The maximum absolute atomic E-state index is 16.3. The molecular weight excluding hydrogens is 641 g/mol. The molecule has 1 atom stereocenters. The highest BCUT2D eigenvalue weighted by atomic mass is 35.5. The van der Waals surface area contributed by atoms with Gasteiger partial charge in [-0.1, -0.05) is 29.0 Å². The van der Waals surface area contributed by atoms with Crippen molar-refractivity contribution in [2.24, 2.45) is 5.92 Å². The number of alkyl halides is 4. The van der Waals surface area contributed by atoms with E-state index in [1.165, 1.54) is 12.1 Å². The number of fused-ring (bicyclic) bond motifs is 1. The van der Waals surface area contributed by atoms with Crippen LogP contribution in [0.3, 0.4) is 0 Å². The van der Waals surface area contributed by atoms with Gasteiger partial charge in [0.05, 0.1) is 36.3 Å². The first-order valence-corrected chi connectivity index (χ1v) is 16.3. The summed E-state index contributed by atoms with van der Waals surface area (Å²) >= 11 is 6.54. The van der Waals surface area contributed by atoms with E-state index in [0.717, 1.165) is 11.1 Å². The second-order valence-electron chi connectivity index (χ2n) is 11.4. The Morgan fingerprint density at radius 3 is 2.40 bits per heavy atom. The van der Waals surface area contributed by atoms with E-state index >= 15 is 4.39 Å². The van der Waals surface area contributed by atoms with E-state index in [2.05, 4.69) is 19.7 Å². The molecule has 3 fully saturated rings. The molecule has 2 aliphatic heterocycles. The largest absolute Gasteiger partial charge is 0.381 e. The van der Waals surface area contributed by atoms with Gasteiger partial charge in [0, 0.05) is 31.6 Å². The number of sulfonamides is 1. The number of hydrogen-bond acceptors (Lipinski definition) is 7. The van der Waals surface area contributed by atoms with Crippen molar-refractivity contribution in [3.8, 4) is 0 Å². The highest BCUT2D eigenvalue weighted by Crippen LogP contribution is 2.44. The van der Waals surface area contributed by atoms with Gasteiger partial charge in [-0.2, -0.15) is 4.72 Å². The molecule has 9 nitrogen and oxygen atoms in total. The number of likely N-dealkylation sites (tertiary alicyclic amines) is 1. The molecule has 2 aromatic heterocycles.